The summed E-state index contributed by atoms with van der Waals surface area (Å²) in [4.78, 5) is 33.9. The molecule has 0 radical (unpaired) electrons. The summed E-state index contributed by atoms with van der Waals surface area (Å²) in [7, 11) is 0. The zero-order chi connectivity index (χ0) is 20.0. The number of aromatic nitrogens is 2. The molecule has 1 aromatic carbocycles. The number of nitrogens with zero attached hydrogens (tertiary/aromatic N) is 4. The van der Waals surface area contributed by atoms with Crippen LogP contribution in [-0.2, 0) is 29.0 Å². The predicted molar refractivity (Wildman–Crippen MR) is 106 cm³/mol. The summed E-state index contributed by atoms with van der Waals surface area (Å²) in [6, 6.07) is 7.66. The average molecular weight is 392 g/mol. The van der Waals surface area contributed by atoms with Gasteiger partial charge >= 0.3 is 0 Å². The van der Waals surface area contributed by atoms with Crippen molar-refractivity contribution in [3.05, 3.63) is 59.7 Å². The molecule has 5 rings (SSSR count). The van der Waals surface area contributed by atoms with Gasteiger partial charge in [0.25, 0.3) is 5.91 Å². The van der Waals surface area contributed by atoms with Crippen LogP contribution in [0, 0.1) is 0 Å². The van der Waals surface area contributed by atoms with E-state index in [1.807, 2.05) is 59.3 Å². The van der Waals surface area contributed by atoms with E-state index in [0.717, 1.165) is 22.8 Å². The van der Waals surface area contributed by atoms with Gasteiger partial charge in [0, 0.05) is 38.8 Å². The fraction of sp³-hybridized carbons (Fsp3) is 0.409. The average Bonchev–Trinajstić information content (AvgIpc) is 3.46. The fourth-order valence-electron chi connectivity index (χ4n) is 4.39. The Morgan fingerprint density at radius 1 is 1.17 bits per heavy atom. The lowest BCUT2D eigenvalue weighted by molar-refractivity contribution is -0.141. The van der Waals surface area contributed by atoms with Crippen molar-refractivity contribution < 1.29 is 14.3 Å². The van der Waals surface area contributed by atoms with Gasteiger partial charge in [-0.3, -0.25) is 9.59 Å². The van der Waals surface area contributed by atoms with Gasteiger partial charge in [-0.25, -0.2) is 4.98 Å². The zero-order valence-corrected chi connectivity index (χ0v) is 16.5. The second-order valence-corrected chi connectivity index (χ2v) is 7.86. The van der Waals surface area contributed by atoms with E-state index in [1.165, 1.54) is 0 Å². The molecule has 29 heavy (non-hydrogen) atoms. The molecule has 2 amide bonds. The molecule has 0 spiro atoms. The lowest BCUT2D eigenvalue weighted by Crippen LogP contribution is -2.47. The second-order valence-electron chi connectivity index (χ2n) is 7.86. The van der Waals surface area contributed by atoms with Gasteiger partial charge in [0.05, 0.1) is 18.2 Å². The van der Waals surface area contributed by atoms with Crippen molar-refractivity contribution >= 4 is 11.8 Å². The minimum Gasteiger partial charge on any atom is -0.480 e. The zero-order valence-electron chi connectivity index (χ0n) is 16.5. The van der Waals surface area contributed by atoms with Gasteiger partial charge in [0.1, 0.15) is 11.6 Å². The number of carbonyl (C=O) groups excluding carboxylic acids is 2. The fourth-order valence-corrected chi connectivity index (χ4v) is 4.39. The van der Waals surface area contributed by atoms with Crippen molar-refractivity contribution in [1.29, 1.82) is 0 Å². The summed E-state index contributed by atoms with van der Waals surface area (Å²) in [5.41, 5.74) is 1.84. The highest BCUT2D eigenvalue weighted by Gasteiger charge is 2.37. The number of fused-ring (bicyclic) bond motifs is 2. The Hall–Kier alpha value is -3.09. The predicted octanol–water partition coefficient (Wildman–Crippen LogP) is 1.73. The lowest BCUT2D eigenvalue weighted by Gasteiger charge is -2.35. The monoisotopic (exact) mass is 392 g/mol. The van der Waals surface area contributed by atoms with E-state index in [2.05, 4.69) is 4.57 Å². The highest BCUT2D eigenvalue weighted by molar-refractivity contribution is 5.83. The Bertz CT molecular complexity index is 963. The first-order valence-corrected chi connectivity index (χ1v) is 10.1. The van der Waals surface area contributed by atoms with Gasteiger partial charge in [-0.2, -0.15) is 0 Å². The first-order valence-electron chi connectivity index (χ1n) is 10.1. The molecule has 2 aromatic rings. The molecule has 3 aliphatic heterocycles. The molecule has 0 saturated carbocycles. The van der Waals surface area contributed by atoms with Crippen molar-refractivity contribution in [3.63, 3.8) is 0 Å². The number of carbonyl (C=O) groups is 2. The van der Waals surface area contributed by atoms with Crippen LogP contribution in [0.5, 0.6) is 5.75 Å². The maximum atomic E-state index is 13.1. The Labute approximate surface area is 169 Å². The third-order valence-electron chi connectivity index (χ3n) is 5.99. The number of rotatable bonds is 3. The quantitative estimate of drug-likeness (QED) is 0.746. The molecule has 0 fully saturated rings. The van der Waals surface area contributed by atoms with Crippen LogP contribution >= 0.6 is 0 Å². The first kappa shape index (κ1) is 18.0. The molecule has 0 saturated heterocycles. The van der Waals surface area contributed by atoms with E-state index in [0.29, 0.717) is 39.0 Å². The summed E-state index contributed by atoms with van der Waals surface area (Å²) in [6.07, 6.45) is 6.40. The molecular formula is C22H24N4O3. The van der Waals surface area contributed by atoms with E-state index < -0.39 is 6.10 Å². The van der Waals surface area contributed by atoms with Crippen molar-refractivity contribution in [3.8, 4) is 5.75 Å². The number of imidazole rings is 1. The van der Waals surface area contributed by atoms with Crippen LogP contribution in [0.15, 0.2) is 42.6 Å². The van der Waals surface area contributed by atoms with Crippen LogP contribution in [-0.4, -0.2) is 56.9 Å². The molecule has 150 valence electrons. The second kappa shape index (κ2) is 7.06. The SMILES string of the molecule is C[C@@H]1c2nc(CC(=O)N3CC=CC3)cn2CCN1C(=O)[C@H]1Cc2ccccc2O1. The van der Waals surface area contributed by atoms with E-state index >= 15 is 0 Å². The molecule has 1 aromatic heterocycles. The summed E-state index contributed by atoms with van der Waals surface area (Å²) in [5, 5.41) is 0. The number of ether oxygens (including phenoxy) is 1. The van der Waals surface area contributed by atoms with E-state index in [9.17, 15) is 9.59 Å². The third kappa shape index (κ3) is 3.20. The largest absolute Gasteiger partial charge is 0.480 e. The molecular weight excluding hydrogens is 368 g/mol. The summed E-state index contributed by atoms with van der Waals surface area (Å²) in [5.74, 6) is 1.73. The van der Waals surface area contributed by atoms with Crippen LogP contribution in [0.3, 0.4) is 0 Å². The molecule has 0 aliphatic carbocycles. The Morgan fingerprint density at radius 3 is 2.76 bits per heavy atom. The number of amides is 2. The van der Waals surface area contributed by atoms with Crippen molar-refractivity contribution in [2.45, 2.75) is 38.5 Å². The molecule has 2 atom stereocenters. The summed E-state index contributed by atoms with van der Waals surface area (Å²) < 4.78 is 7.97. The van der Waals surface area contributed by atoms with Gasteiger partial charge in [-0.1, -0.05) is 30.4 Å². The van der Waals surface area contributed by atoms with E-state index in [-0.39, 0.29) is 17.9 Å². The Kier molecular flexibility index (Phi) is 4.38. The number of para-hydroxylation sites is 1. The van der Waals surface area contributed by atoms with E-state index in [4.69, 9.17) is 9.72 Å². The van der Waals surface area contributed by atoms with Crippen LogP contribution in [0.25, 0.3) is 0 Å². The standard InChI is InChI=1S/C22H24N4O3/c1-15-21-23-17(13-20(27)24-8-4-5-9-24)14-25(21)10-11-26(15)22(28)19-12-16-6-2-3-7-18(16)29-19/h2-7,14-15,19H,8-13H2,1H3/t15-,19-/m1/s1. The highest BCUT2D eigenvalue weighted by atomic mass is 16.5. The van der Waals surface area contributed by atoms with Crippen molar-refractivity contribution in [2.24, 2.45) is 0 Å². The maximum Gasteiger partial charge on any atom is 0.264 e. The molecule has 0 bridgehead atoms. The molecule has 4 heterocycles. The van der Waals surface area contributed by atoms with Crippen LogP contribution < -0.4 is 4.74 Å². The molecule has 7 heteroatoms. The Morgan fingerprint density at radius 2 is 1.97 bits per heavy atom. The topological polar surface area (TPSA) is 67.7 Å². The van der Waals surface area contributed by atoms with Crippen LogP contribution in [0.2, 0.25) is 0 Å². The normalized spacial score (nSPS) is 22.4. The van der Waals surface area contributed by atoms with Crippen molar-refractivity contribution in [2.75, 3.05) is 19.6 Å². The number of hydrogen-bond donors (Lipinski definition) is 0. The smallest absolute Gasteiger partial charge is 0.264 e. The molecule has 0 N–H and O–H groups in total. The Balaban J connectivity index is 1.28. The van der Waals surface area contributed by atoms with Gasteiger partial charge in [-0.15, -0.1) is 0 Å². The minimum atomic E-state index is -0.472. The van der Waals surface area contributed by atoms with Crippen LogP contribution in [0.1, 0.15) is 30.0 Å². The summed E-state index contributed by atoms with van der Waals surface area (Å²) in [6.45, 7) is 4.64. The van der Waals surface area contributed by atoms with E-state index in [1.54, 1.807) is 0 Å². The van der Waals surface area contributed by atoms with Gasteiger partial charge in [0.15, 0.2) is 6.10 Å². The van der Waals surface area contributed by atoms with Gasteiger partial charge in [0.2, 0.25) is 5.91 Å². The highest BCUT2D eigenvalue weighted by Crippen LogP contribution is 2.32. The molecule has 0 unspecified atom stereocenters. The van der Waals surface area contributed by atoms with Crippen LogP contribution in [0.4, 0.5) is 0 Å². The minimum absolute atomic E-state index is 0.00344. The van der Waals surface area contributed by atoms with Crippen molar-refractivity contribution in [1.82, 2.24) is 19.4 Å². The third-order valence-corrected chi connectivity index (χ3v) is 5.99. The molecule has 3 aliphatic rings. The summed E-state index contributed by atoms with van der Waals surface area (Å²) >= 11 is 0. The number of hydrogen-bond acceptors (Lipinski definition) is 4. The lowest BCUT2D eigenvalue weighted by atomic mass is 10.1. The first-order chi connectivity index (χ1) is 14.1. The maximum absolute atomic E-state index is 13.1. The van der Waals surface area contributed by atoms with Gasteiger partial charge < -0.3 is 19.1 Å². The molecule has 7 nitrogen and oxygen atoms in total. The number of benzene rings is 1. The van der Waals surface area contributed by atoms with Gasteiger partial charge in [-0.05, 0) is 18.6 Å².